The molecule has 0 amide bonds. The summed E-state index contributed by atoms with van der Waals surface area (Å²) in [5, 5.41) is 12.4. The van der Waals surface area contributed by atoms with Gasteiger partial charge in [0.2, 0.25) is 0 Å². The molecule has 3 heteroatoms. The minimum absolute atomic E-state index is 0.209. The van der Waals surface area contributed by atoms with Gasteiger partial charge in [-0.15, -0.1) is 0 Å². The van der Waals surface area contributed by atoms with E-state index in [9.17, 15) is 0 Å². The summed E-state index contributed by atoms with van der Waals surface area (Å²) in [6, 6.07) is 0.739. The summed E-state index contributed by atoms with van der Waals surface area (Å²) in [4.78, 5) is 0. The lowest BCUT2D eigenvalue weighted by molar-refractivity contribution is -0.00579. The van der Waals surface area contributed by atoms with Crippen LogP contribution < -0.4 is 5.32 Å². The van der Waals surface area contributed by atoms with Crippen molar-refractivity contribution in [2.24, 2.45) is 0 Å². The Bertz CT molecular complexity index is 150. The van der Waals surface area contributed by atoms with E-state index in [0.717, 1.165) is 25.9 Å². The topological polar surface area (TPSA) is 41.5 Å². The molecule has 1 aliphatic heterocycles. The van der Waals surface area contributed by atoms with Gasteiger partial charge in [0.05, 0.1) is 12.7 Å². The van der Waals surface area contributed by atoms with Crippen LogP contribution in [0.1, 0.15) is 39.5 Å². The van der Waals surface area contributed by atoms with Crippen molar-refractivity contribution in [3.05, 3.63) is 0 Å². The summed E-state index contributed by atoms with van der Waals surface area (Å²) in [7, 11) is 0. The molecule has 1 heterocycles. The summed E-state index contributed by atoms with van der Waals surface area (Å²) in [6.07, 6.45) is 4.94. The van der Waals surface area contributed by atoms with Gasteiger partial charge in [-0.25, -0.2) is 0 Å². The molecular weight excluding hydrogens is 178 g/mol. The van der Waals surface area contributed by atoms with Gasteiger partial charge in [-0.3, -0.25) is 0 Å². The lowest BCUT2D eigenvalue weighted by Gasteiger charge is -2.31. The number of ether oxygens (including phenoxy) is 1. The maximum atomic E-state index is 8.94. The second kappa shape index (κ2) is 6.38. The highest BCUT2D eigenvalue weighted by atomic mass is 16.5. The lowest BCUT2D eigenvalue weighted by Crippen LogP contribution is -2.44. The molecule has 0 bridgehead atoms. The molecule has 0 saturated carbocycles. The first kappa shape index (κ1) is 12.0. The number of aliphatic hydroxyl groups excluding tert-OH is 1. The van der Waals surface area contributed by atoms with Gasteiger partial charge in [-0.2, -0.15) is 0 Å². The van der Waals surface area contributed by atoms with Crippen LogP contribution in [0.25, 0.3) is 0 Å². The molecule has 3 nitrogen and oxygen atoms in total. The first-order chi connectivity index (χ1) is 6.76. The Kier molecular flexibility index (Phi) is 5.45. The van der Waals surface area contributed by atoms with E-state index in [1.807, 2.05) is 6.92 Å². The van der Waals surface area contributed by atoms with Crippen LogP contribution in [0.5, 0.6) is 0 Å². The van der Waals surface area contributed by atoms with Crippen LogP contribution in [0.4, 0.5) is 0 Å². The second-order valence-corrected chi connectivity index (χ2v) is 4.25. The number of rotatable bonds is 5. The largest absolute Gasteiger partial charge is 0.395 e. The Morgan fingerprint density at radius 1 is 1.57 bits per heavy atom. The highest BCUT2D eigenvalue weighted by molar-refractivity contribution is 4.78. The quantitative estimate of drug-likeness (QED) is 0.704. The number of hydrogen-bond acceptors (Lipinski definition) is 3. The number of nitrogens with one attached hydrogen (secondary N) is 1. The molecule has 2 unspecified atom stereocenters. The van der Waals surface area contributed by atoms with Gasteiger partial charge in [0.15, 0.2) is 0 Å². The van der Waals surface area contributed by atoms with Crippen molar-refractivity contribution < 1.29 is 9.84 Å². The SMILES string of the molecule is CCCC1CC(N[C@H](C)CO)CCO1. The first-order valence-electron chi connectivity index (χ1n) is 5.74. The Hall–Kier alpha value is -0.120. The molecule has 0 aromatic carbocycles. The fraction of sp³-hybridized carbons (Fsp3) is 1.00. The van der Waals surface area contributed by atoms with Crippen LogP contribution >= 0.6 is 0 Å². The Labute approximate surface area is 86.8 Å². The summed E-state index contributed by atoms with van der Waals surface area (Å²) in [6.45, 7) is 5.29. The summed E-state index contributed by atoms with van der Waals surface area (Å²) in [5.74, 6) is 0. The van der Waals surface area contributed by atoms with E-state index in [0.29, 0.717) is 12.1 Å². The van der Waals surface area contributed by atoms with Gasteiger partial charge >= 0.3 is 0 Å². The van der Waals surface area contributed by atoms with Crippen LogP contribution in [0, 0.1) is 0 Å². The van der Waals surface area contributed by atoms with E-state index in [1.165, 1.54) is 6.42 Å². The predicted octanol–water partition coefficient (Wildman–Crippen LogP) is 1.30. The average molecular weight is 201 g/mol. The van der Waals surface area contributed by atoms with E-state index in [1.54, 1.807) is 0 Å². The molecule has 0 aromatic heterocycles. The van der Waals surface area contributed by atoms with Crippen molar-refractivity contribution in [2.75, 3.05) is 13.2 Å². The third kappa shape index (κ3) is 3.95. The third-order valence-electron chi connectivity index (χ3n) is 2.77. The molecule has 0 radical (unpaired) electrons. The molecule has 1 aliphatic rings. The monoisotopic (exact) mass is 201 g/mol. The highest BCUT2D eigenvalue weighted by Crippen LogP contribution is 2.18. The van der Waals surface area contributed by atoms with Gasteiger partial charge < -0.3 is 15.2 Å². The second-order valence-electron chi connectivity index (χ2n) is 4.25. The van der Waals surface area contributed by atoms with Crippen LogP contribution in [-0.4, -0.2) is 36.5 Å². The molecule has 1 rings (SSSR count). The van der Waals surface area contributed by atoms with E-state index in [4.69, 9.17) is 9.84 Å². The average Bonchev–Trinajstić information content (AvgIpc) is 2.19. The molecule has 0 spiro atoms. The van der Waals surface area contributed by atoms with E-state index >= 15 is 0 Å². The minimum Gasteiger partial charge on any atom is -0.395 e. The fourth-order valence-electron chi connectivity index (χ4n) is 2.01. The van der Waals surface area contributed by atoms with Crippen molar-refractivity contribution >= 4 is 0 Å². The zero-order valence-corrected chi connectivity index (χ0v) is 9.33. The maximum absolute atomic E-state index is 8.94. The fourth-order valence-corrected chi connectivity index (χ4v) is 2.01. The number of aliphatic hydroxyl groups is 1. The third-order valence-corrected chi connectivity index (χ3v) is 2.77. The van der Waals surface area contributed by atoms with Crippen molar-refractivity contribution in [1.82, 2.24) is 5.32 Å². The van der Waals surface area contributed by atoms with Crippen molar-refractivity contribution in [1.29, 1.82) is 0 Å². The van der Waals surface area contributed by atoms with Crippen LogP contribution in [0.15, 0.2) is 0 Å². The first-order valence-corrected chi connectivity index (χ1v) is 5.74. The van der Waals surface area contributed by atoms with Crippen molar-refractivity contribution in [3.63, 3.8) is 0 Å². The zero-order valence-electron chi connectivity index (χ0n) is 9.33. The molecule has 2 N–H and O–H groups in total. The minimum atomic E-state index is 0.209. The van der Waals surface area contributed by atoms with Gasteiger partial charge in [0, 0.05) is 18.7 Å². The highest BCUT2D eigenvalue weighted by Gasteiger charge is 2.22. The molecule has 0 aliphatic carbocycles. The van der Waals surface area contributed by atoms with Crippen LogP contribution in [0.3, 0.4) is 0 Å². The van der Waals surface area contributed by atoms with Gasteiger partial charge in [-0.1, -0.05) is 13.3 Å². The predicted molar refractivity (Wildman–Crippen MR) is 57.4 cm³/mol. The number of hydrogen-bond donors (Lipinski definition) is 2. The smallest absolute Gasteiger partial charge is 0.0589 e. The maximum Gasteiger partial charge on any atom is 0.0589 e. The Balaban J connectivity index is 2.25. The molecule has 1 fully saturated rings. The van der Waals surface area contributed by atoms with E-state index < -0.39 is 0 Å². The summed E-state index contributed by atoms with van der Waals surface area (Å²) in [5.41, 5.74) is 0. The Morgan fingerprint density at radius 2 is 2.36 bits per heavy atom. The van der Waals surface area contributed by atoms with Gasteiger partial charge in [0.25, 0.3) is 0 Å². The van der Waals surface area contributed by atoms with Gasteiger partial charge in [-0.05, 0) is 26.2 Å². The molecule has 84 valence electrons. The molecule has 14 heavy (non-hydrogen) atoms. The zero-order chi connectivity index (χ0) is 10.4. The van der Waals surface area contributed by atoms with Crippen molar-refractivity contribution in [2.45, 2.75) is 57.7 Å². The molecule has 1 saturated heterocycles. The van der Waals surface area contributed by atoms with Crippen LogP contribution in [-0.2, 0) is 4.74 Å². The summed E-state index contributed by atoms with van der Waals surface area (Å²) < 4.78 is 5.66. The Morgan fingerprint density at radius 3 is 3.00 bits per heavy atom. The molecular formula is C11H23NO2. The molecule has 3 atom stereocenters. The van der Waals surface area contributed by atoms with E-state index in [-0.39, 0.29) is 12.6 Å². The summed E-state index contributed by atoms with van der Waals surface area (Å²) >= 11 is 0. The van der Waals surface area contributed by atoms with Gasteiger partial charge in [0.1, 0.15) is 0 Å². The van der Waals surface area contributed by atoms with Crippen LogP contribution in [0.2, 0.25) is 0 Å². The van der Waals surface area contributed by atoms with Crippen molar-refractivity contribution in [3.8, 4) is 0 Å². The standard InChI is InChI=1S/C11H23NO2/c1-3-4-11-7-10(5-6-14-11)12-9(2)8-13/h9-13H,3-8H2,1-2H3/t9-,10?,11?/m1/s1. The molecule has 0 aromatic rings. The van der Waals surface area contributed by atoms with E-state index in [2.05, 4.69) is 12.2 Å². The normalized spacial score (nSPS) is 30.2. The lowest BCUT2D eigenvalue weighted by atomic mass is 9.99.